The molecule has 1 aliphatic heterocycles. The number of halogens is 4. The van der Waals surface area contributed by atoms with E-state index in [0.29, 0.717) is 34.3 Å². The van der Waals surface area contributed by atoms with Gasteiger partial charge in [-0.15, -0.1) is 11.8 Å². The number of ether oxygens (including phenoxy) is 1. The Hall–Kier alpha value is -3.95. The first kappa shape index (κ1) is 29.5. The molecule has 42 heavy (non-hydrogen) atoms. The molecule has 5 nitrogen and oxygen atoms in total. The number of hydrogen-bond acceptors (Lipinski definition) is 4. The van der Waals surface area contributed by atoms with Gasteiger partial charge in [0.25, 0.3) is 5.91 Å². The van der Waals surface area contributed by atoms with E-state index < -0.39 is 29.1 Å². The second-order valence-corrected chi connectivity index (χ2v) is 11.2. The van der Waals surface area contributed by atoms with Crippen LogP contribution in [-0.4, -0.2) is 28.5 Å². The van der Waals surface area contributed by atoms with Crippen molar-refractivity contribution >= 4 is 35.2 Å². The Morgan fingerprint density at radius 2 is 1.60 bits per heavy atom. The van der Waals surface area contributed by atoms with Crippen LogP contribution in [-0.2, 0) is 24.1 Å². The van der Waals surface area contributed by atoms with Gasteiger partial charge < -0.3 is 15.0 Å². The first-order chi connectivity index (χ1) is 20.2. The Bertz CT molecular complexity index is 1530. The lowest BCUT2D eigenvalue weighted by atomic mass is 10.1. The lowest BCUT2D eigenvalue weighted by molar-refractivity contribution is -0.137. The maximum Gasteiger partial charge on any atom is 0.416 e. The van der Waals surface area contributed by atoms with Crippen molar-refractivity contribution in [2.24, 2.45) is 0 Å². The van der Waals surface area contributed by atoms with Gasteiger partial charge in [0.2, 0.25) is 5.91 Å². The molecule has 10 heteroatoms. The van der Waals surface area contributed by atoms with Gasteiger partial charge in [0.05, 0.1) is 5.56 Å². The summed E-state index contributed by atoms with van der Waals surface area (Å²) in [5.74, 6) is 0.166. The molecule has 2 atom stereocenters. The monoisotopic (exact) mass is 610 g/mol. The second-order valence-electron chi connectivity index (χ2n) is 9.68. The Morgan fingerprint density at radius 3 is 2.29 bits per heavy atom. The molecule has 0 saturated carbocycles. The predicted octanol–water partition coefficient (Wildman–Crippen LogP) is 7.51. The fourth-order valence-electron chi connectivity index (χ4n) is 4.59. The highest BCUT2D eigenvalue weighted by atomic mass is 35.5. The highest BCUT2D eigenvalue weighted by Gasteiger charge is 2.42. The molecule has 1 N–H and O–H groups in total. The average Bonchev–Trinajstić information content (AvgIpc) is 3.45. The number of thioether (sulfide) groups is 1. The molecule has 1 saturated heterocycles. The van der Waals surface area contributed by atoms with Crippen LogP contribution in [0.1, 0.15) is 38.0 Å². The zero-order chi connectivity index (χ0) is 29.7. The Morgan fingerprint density at radius 1 is 0.905 bits per heavy atom. The van der Waals surface area contributed by atoms with Crippen molar-refractivity contribution in [2.75, 3.05) is 5.75 Å². The Kier molecular flexibility index (Phi) is 9.09. The summed E-state index contributed by atoms with van der Waals surface area (Å²) in [7, 11) is 0. The zero-order valence-corrected chi connectivity index (χ0v) is 23.8. The smallest absolute Gasteiger partial charge is 0.416 e. The highest BCUT2D eigenvalue weighted by Crippen LogP contribution is 2.43. The molecule has 216 valence electrons. The van der Waals surface area contributed by atoms with Gasteiger partial charge >= 0.3 is 6.18 Å². The van der Waals surface area contributed by atoms with E-state index in [1.807, 2.05) is 54.6 Å². The molecular formula is C32H26ClF3N2O3S. The summed E-state index contributed by atoms with van der Waals surface area (Å²) in [6.45, 7) is 0.304. The Balaban J connectivity index is 1.34. The van der Waals surface area contributed by atoms with Crippen LogP contribution < -0.4 is 10.1 Å². The minimum atomic E-state index is -4.49. The summed E-state index contributed by atoms with van der Waals surface area (Å²) in [5, 5.41) is 2.72. The fraction of sp³-hybridized carbons (Fsp3) is 0.188. The van der Waals surface area contributed by atoms with Gasteiger partial charge in [-0.05, 0) is 65.2 Å². The molecule has 4 aromatic rings. The molecule has 0 spiro atoms. The van der Waals surface area contributed by atoms with E-state index in [0.717, 1.165) is 23.3 Å². The topological polar surface area (TPSA) is 58.6 Å². The van der Waals surface area contributed by atoms with Gasteiger partial charge in [-0.1, -0.05) is 66.2 Å². The van der Waals surface area contributed by atoms with Gasteiger partial charge in [0, 0.05) is 22.9 Å². The maximum absolute atomic E-state index is 13.8. The molecule has 2 unspecified atom stereocenters. The lowest BCUT2D eigenvalue weighted by Crippen LogP contribution is -2.47. The van der Waals surface area contributed by atoms with Gasteiger partial charge in [0.1, 0.15) is 23.8 Å². The number of carbonyl (C=O) groups is 2. The summed E-state index contributed by atoms with van der Waals surface area (Å²) < 4.78 is 45.3. The molecular weight excluding hydrogens is 585 g/mol. The fourth-order valence-corrected chi connectivity index (χ4v) is 6.14. The van der Waals surface area contributed by atoms with Crippen molar-refractivity contribution in [3.63, 3.8) is 0 Å². The highest BCUT2D eigenvalue weighted by molar-refractivity contribution is 7.99. The summed E-state index contributed by atoms with van der Waals surface area (Å²) in [4.78, 5) is 28.6. The van der Waals surface area contributed by atoms with Gasteiger partial charge in [-0.25, -0.2) is 0 Å². The van der Waals surface area contributed by atoms with E-state index in [-0.39, 0.29) is 12.5 Å². The number of amides is 2. The number of benzene rings is 4. The van der Waals surface area contributed by atoms with Crippen LogP contribution in [0.25, 0.3) is 0 Å². The molecule has 0 bridgehead atoms. The minimum absolute atomic E-state index is 0.106. The standard InChI is InChI=1S/C32H26ClF3N2O3S/c33-26-13-9-23(10-14-26)30(40)38-28(29(39)37-18-22-7-4-8-25(17-22)32(34,35)36)20-42-31(38)24-11-15-27(16-12-24)41-19-21-5-2-1-3-6-21/h1-17,28,31H,18-20H2,(H,37,39). The largest absolute Gasteiger partial charge is 0.489 e. The molecule has 5 rings (SSSR count). The third-order valence-corrected chi connectivity index (χ3v) is 8.34. The third kappa shape index (κ3) is 7.09. The number of rotatable bonds is 8. The number of alkyl halides is 3. The molecule has 2 amide bonds. The zero-order valence-electron chi connectivity index (χ0n) is 22.2. The number of nitrogens with zero attached hydrogens (tertiary/aromatic N) is 1. The summed E-state index contributed by atoms with van der Waals surface area (Å²) in [6, 6.07) is 27.5. The van der Waals surface area contributed by atoms with E-state index in [2.05, 4.69) is 5.32 Å². The van der Waals surface area contributed by atoms with Crippen molar-refractivity contribution in [1.29, 1.82) is 0 Å². The van der Waals surface area contributed by atoms with Crippen molar-refractivity contribution in [1.82, 2.24) is 10.2 Å². The van der Waals surface area contributed by atoms with Crippen LogP contribution in [0.5, 0.6) is 5.75 Å². The van der Waals surface area contributed by atoms with Crippen LogP contribution in [0.3, 0.4) is 0 Å². The molecule has 1 aliphatic rings. The van der Waals surface area contributed by atoms with Gasteiger partial charge in [-0.3, -0.25) is 9.59 Å². The van der Waals surface area contributed by atoms with Crippen LogP contribution in [0, 0.1) is 0 Å². The summed E-state index contributed by atoms with van der Waals surface area (Å²) >= 11 is 7.46. The quantitative estimate of drug-likeness (QED) is 0.224. The van der Waals surface area contributed by atoms with Gasteiger partial charge in [-0.2, -0.15) is 13.2 Å². The van der Waals surface area contributed by atoms with Crippen LogP contribution in [0.4, 0.5) is 13.2 Å². The second kappa shape index (κ2) is 12.9. The molecule has 0 aromatic heterocycles. The third-order valence-electron chi connectivity index (χ3n) is 6.76. The van der Waals surface area contributed by atoms with E-state index >= 15 is 0 Å². The minimum Gasteiger partial charge on any atom is -0.489 e. The van der Waals surface area contributed by atoms with E-state index in [1.54, 1.807) is 24.3 Å². The molecule has 0 aliphatic carbocycles. The lowest BCUT2D eigenvalue weighted by Gasteiger charge is -2.29. The van der Waals surface area contributed by atoms with Crippen molar-refractivity contribution in [3.8, 4) is 5.75 Å². The summed E-state index contributed by atoms with van der Waals surface area (Å²) in [5.41, 5.74) is 1.73. The van der Waals surface area contributed by atoms with Crippen molar-refractivity contribution in [2.45, 2.75) is 30.7 Å². The van der Waals surface area contributed by atoms with Crippen molar-refractivity contribution < 1.29 is 27.5 Å². The number of hydrogen-bond donors (Lipinski definition) is 1. The van der Waals surface area contributed by atoms with Gasteiger partial charge in [0.15, 0.2) is 0 Å². The average molecular weight is 611 g/mol. The molecule has 4 aromatic carbocycles. The van der Waals surface area contributed by atoms with E-state index in [9.17, 15) is 22.8 Å². The SMILES string of the molecule is O=C(NCc1cccc(C(F)(F)F)c1)C1CSC(c2ccc(OCc3ccccc3)cc2)N1C(=O)c1ccc(Cl)cc1. The first-order valence-corrected chi connectivity index (χ1v) is 14.5. The van der Waals surface area contributed by atoms with Crippen LogP contribution >= 0.6 is 23.4 Å². The number of nitrogens with one attached hydrogen (secondary N) is 1. The first-order valence-electron chi connectivity index (χ1n) is 13.1. The molecule has 1 heterocycles. The van der Waals surface area contributed by atoms with E-state index in [4.69, 9.17) is 16.3 Å². The van der Waals surface area contributed by atoms with Crippen LogP contribution in [0.15, 0.2) is 103 Å². The van der Waals surface area contributed by atoms with Crippen LogP contribution in [0.2, 0.25) is 5.02 Å². The summed E-state index contributed by atoms with van der Waals surface area (Å²) in [6.07, 6.45) is -4.49. The van der Waals surface area contributed by atoms with E-state index in [1.165, 1.54) is 28.8 Å². The molecule has 1 fully saturated rings. The maximum atomic E-state index is 13.8. The normalized spacial score (nSPS) is 16.7. The van der Waals surface area contributed by atoms with Crippen molar-refractivity contribution in [3.05, 3.63) is 136 Å². The predicted molar refractivity (Wildman–Crippen MR) is 157 cm³/mol. The molecule has 0 radical (unpaired) electrons. The Labute approximate surface area is 250 Å². The number of carbonyl (C=O) groups excluding carboxylic acids is 2.